The van der Waals surface area contributed by atoms with Crippen LogP contribution in [0.15, 0.2) is 20.6 Å². The van der Waals surface area contributed by atoms with Crippen molar-refractivity contribution >= 4 is 32.8 Å². The topological polar surface area (TPSA) is 306 Å². The van der Waals surface area contributed by atoms with E-state index < -0.39 is 82.5 Å². The zero-order valence-corrected chi connectivity index (χ0v) is 23.8. The number of fused-ring (bicyclic) bond motifs is 1. The number of anilines is 1. The number of aliphatic hydroxyl groups is 1. The summed E-state index contributed by atoms with van der Waals surface area (Å²) in [6.45, 7) is 0.0113. The van der Waals surface area contributed by atoms with Crippen LogP contribution in [0, 0.1) is 13.3 Å². The summed E-state index contributed by atoms with van der Waals surface area (Å²) in [7, 11) is -9.96. The van der Waals surface area contributed by atoms with E-state index in [1.54, 1.807) is 0 Å². The van der Waals surface area contributed by atoms with Gasteiger partial charge in [0.2, 0.25) is 5.95 Å². The number of nitrogens with one attached hydrogen (secondary N) is 2. The van der Waals surface area contributed by atoms with E-state index in [4.69, 9.17) is 34.0 Å². The van der Waals surface area contributed by atoms with Crippen LogP contribution in [0.1, 0.15) is 30.9 Å². The summed E-state index contributed by atoms with van der Waals surface area (Å²) in [6.07, 6.45) is -3.88. The maximum absolute atomic E-state index is 12.9. The molecule has 0 aromatic carbocycles. The van der Waals surface area contributed by atoms with E-state index >= 15 is 0 Å². The smallest absolute Gasteiger partial charge is 0.390 e. The first-order chi connectivity index (χ1) is 20.1. The molecule has 2 fully saturated rings. The van der Waals surface area contributed by atoms with Crippen LogP contribution in [-0.4, -0.2) is 86.5 Å². The average Bonchev–Trinajstić information content (AvgIpc) is 3.60. The van der Waals surface area contributed by atoms with Crippen LogP contribution in [-0.2, 0) is 32.2 Å². The molecule has 1 radical (unpaired) electrons. The van der Waals surface area contributed by atoms with Gasteiger partial charge in [0.1, 0.15) is 30.8 Å². The normalized spacial score (nSPS) is 27.6. The van der Waals surface area contributed by atoms with E-state index in [2.05, 4.69) is 30.8 Å². The van der Waals surface area contributed by atoms with E-state index in [1.165, 1.54) is 13.1 Å². The second kappa shape index (κ2) is 11.8. The minimum Gasteiger partial charge on any atom is -0.390 e. The largest absolute Gasteiger partial charge is 0.472 e. The molecule has 0 aliphatic carbocycles. The first kappa shape index (κ1) is 31.4. The van der Waals surface area contributed by atoms with Gasteiger partial charge in [0, 0.05) is 24.6 Å². The third-order valence-electron chi connectivity index (χ3n) is 6.60. The summed E-state index contributed by atoms with van der Waals surface area (Å²) in [5.74, 6) is -0.243. The molecule has 1 unspecified atom stereocenters. The van der Waals surface area contributed by atoms with Crippen molar-refractivity contribution in [1.82, 2.24) is 29.1 Å². The fraction of sp³-hybridized carbons (Fsp3) is 0.550. The van der Waals surface area contributed by atoms with Crippen LogP contribution in [0.3, 0.4) is 0 Å². The summed E-state index contributed by atoms with van der Waals surface area (Å²) in [5.41, 5.74) is 3.58. The Labute approximate surface area is 239 Å². The molecule has 2 saturated heterocycles. The van der Waals surface area contributed by atoms with E-state index in [-0.39, 0.29) is 35.5 Å². The Kier molecular flexibility index (Phi) is 8.60. The van der Waals surface area contributed by atoms with Crippen molar-refractivity contribution in [2.24, 2.45) is 0 Å². The van der Waals surface area contributed by atoms with Gasteiger partial charge in [-0.25, -0.2) is 18.9 Å². The summed E-state index contributed by atoms with van der Waals surface area (Å²) < 4.78 is 52.5. The highest BCUT2D eigenvalue weighted by Crippen LogP contribution is 2.50. The van der Waals surface area contributed by atoms with Crippen LogP contribution < -0.4 is 22.5 Å². The summed E-state index contributed by atoms with van der Waals surface area (Å²) in [6, 6.07) is 0. The van der Waals surface area contributed by atoms with Crippen molar-refractivity contribution < 1.29 is 52.0 Å². The number of aromatic amines is 2. The Morgan fingerprint density at radius 1 is 1.07 bits per heavy atom. The molecule has 0 amide bonds. The Morgan fingerprint density at radius 2 is 1.77 bits per heavy atom. The molecule has 8 N–H and O–H groups in total. The van der Waals surface area contributed by atoms with Crippen LogP contribution in [0.2, 0.25) is 0 Å². The van der Waals surface area contributed by atoms with Crippen molar-refractivity contribution in [2.75, 3.05) is 18.9 Å². The monoisotopic (exact) mass is 650 g/mol. The lowest BCUT2D eigenvalue weighted by molar-refractivity contribution is -0.0563. The van der Waals surface area contributed by atoms with Crippen molar-refractivity contribution in [1.29, 1.82) is 0 Å². The highest BCUT2D eigenvalue weighted by Gasteiger charge is 2.44. The Bertz CT molecular complexity index is 1780. The van der Waals surface area contributed by atoms with Gasteiger partial charge in [0.05, 0.1) is 19.3 Å². The number of nitrogen functional groups attached to an aromatic ring is 1. The molecule has 5 rings (SSSR count). The van der Waals surface area contributed by atoms with Gasteiger partial charge in [-0.1, -0.05) is 0 Å². The maximum Gasteiger partial charge on any atom is 0.472 e. The number of aromatic nitrogens is 6. The Balaban J connectivity index is 1.28. The number of nitrogens with zero attached hydrogens (tertiary/aromatic N) is 4. The SMILES string of the molecule is Cc1cn([C@H]2C[C@H](O)[C@@H](COP(=O)(O)O[C@H]3C[C@H](n4[c]nc5c(=O)[nH]c(N)nc54)O[C@@H]3COP(=O)(O)O)O2)c(=O)[nH]c1=O. The van der Waals surface area contributed by atoms with Gasteiger partial charge in [-0.05, 0) is 6.92 Å². The summed E-state index contributed by atoms with van der Waals surface area (Å²) in [5, 5.41) is 10.4. The number of imidazole rings is 1. The number of phosphoric ester groups is 2. The van der Waals surface area contributed by atoms with Crippen molar-refractivity contribution in [3.63, 3.8) is 0 Å². The van der Waals surface area contributed by atoms with Crippen LogP contribution in [0.5, 0.6) is 0 Å². The molecule has 7 atom stereocenters. The Hall–Kier alpha value is -3.07. The molecule has 0 bridgehead atoms. The molecule has 2 aliphatic heterocycles. The lowest BCUT2D eigenvalue weighted by Gasteiger charge is -2.22. The lowest BCUT2D eigenvalue weighted by Crippen LogP contribution is -2.33. The molecular formula is C20H26N7O14P2. The van der Waals surface area contributed by atoms with Crippen molar-refractivity contribution in [3.8, 4) is 0 Å². The number of aryl methyl sites for hydroxylation is 1. The fourth-order valence-electron chi connectivity index (χ4n) is 4.59. The minimum atomic E-state index is -4.99. The zero-order chi connectivity index (χ0) is 31.3. The van der Waals surface area contributed by atoms with Crippen LogP contribution in [0.4, 0.5) is 5.95 Å². The predicted molar refractivity (Wildman–Crippen MR) is 139 cm³/mol. The minimum absolute atomic E-state index is 0.0521. The van der Waals surface area contributed by atoms with Gasteiger partial charge in [-0.15, -0.1) is 0 Å². The molecule has 0 saturated carbocycles. The third kappa shape index (κ3) is 7.03. The molecule has 3 aromatic rings. The molecular weight excluding hydrogens is 624 g/mol. The van der Waals surface area contributed by atoms with Gasteiger partial charge in [-0.2, -0.15) is 4.98 Å². The van der Waals surface area contributed by atoms with Crippen LogP contribution >= 0.6 is 15.6 Å². The summed E-state index contributed by atoms with van der Waals surface area (Å²) >= 11 is 0. The maximum atomic E-state index is 12.9. The summed E-state index contributed by atoms with van der Waals surface area (Å²) in [4.78, 5) is 76.8. The highest BCUT2D eigenvalue weighted by atomic mass is 31.2. The van der Waals surface area contributed by atoms with Gasteiger partial charge < -0.3 is 35.0 Å². The molecule has 2 aliphatic rings. The second-order valence-corrected chi connectivity index (χ2v) is 12.3. The third-order valence-corrected chi connectivity index (χ3v) is 8.10. The van der Waals surface area contributed by atoms with E-state index in [9.17, 15) is 33.5 Å². The molecule has 21 nitrogen and oxygen atoms in total. The van der Waals surface area contributed by atoms with E-state index in [0.717, 1.165) is 9.13 Å². The van der Waals surface area contributed by atoms with Gasteiger partial charge in [-0.3, -0.25) is 42.3 Å². The molecule has 23 heteroatoms. The molecule has 235 valence electrons. The molecule has 5 heterocycles. The molecule has 43 heavy (non-hydrogen) atoms. The van der Waals surface area contributed by atoms with E-state index in [1.807, 2.05) is 0 Å². The number of hydrogen-bond donors (Lipinski definition) is 7. The Morgan fingerprint density at radius 3 is 2.49 bits per heavy atom. The quantitative estimate of drug-likeness (QED) is 0.116. The molecule has 3 aromatic heterocycles. The lowest BCUT2D eigenvalue weighted by atomic mass is 10.2. The number of rotatable bonds is 10. The number of ether oxygens (including phenoxy) is 2. The number of nitrogens with two attached hydrogens (primary N) is 1. The van der Waals surface area contributed by atoms with E-state index in [0.29, 0.717) is 0 Å². The number of aliphatic hydroxyl groups excluding tert-OH is 1. The first-order valence-electron chi connectivity index (χ1n) is 12.4. The van der Waals surface area contributed by atoms with Crippen molar-refractivity contribution in [2.45, 2.75) is 56.6 Å². The zero-order valence-electron chi connectivity index (χ0n) is 22.0. The highest BCUT2D eigenvalue weighted by molar-refractivity contribution is 7.47. The average molecular weight is 650 g/mol. The molecule has 0 spiro atoms. The predicted octanol–water partition coefficient (Wildman–Crippen LogP) is -2.09. The number of hydrogen-bond acceptors (Lipinski definition) is 14. The van der Waals surface area contributed by atoms with Crippen molar-refractivity contribution in [3.05, 3.63) is 49.3 Å². The second-order valence-electron chi connectivity index (χ2n) is 9.68. The van der Waals surface area contributed by atoms with Gasteiger partial charge in [0.15, 0.2) is 17.5 Å². The fourth-order valence-corrected chi connectivity index (χ4v) is 5.89. The number of phosphoric acid groups is 2. The van der Waals surface area contributed by atoms with Gasteiger partial charge >= 0.3 is 21.3 Å². The number of H-pyrrole nitrogens is 2. The first-order valence-corrected chi connectivity index (χ1v) is 15.4. The van der Waals surface area contributed by atoms with Gasteiger partial charge in [0.25, 0.3) is 11.1 Å². The standard InChI is InChI=1S/C20H26N7O14P2/c1-8-4-26(20(31)25-17(8)29)13-2-9(28)11(39-13)5-38-43(35,36)41-10-3-14(40-12(10)6-37-42(32,33)34)27-7-22-15-16(27)23-19(21)24-18(15)30/h4,9-14,28H,2-3,5-6H2,1H3,(H,35,36)(H,25,29,31)(H2,32,33,34)(H3,21,23,24,30)/t9-,10-,11+,12+,13+,14+/m0/s1. The van der Waals surface area contributed by atoms with Crippen LogP contribution in [0.25, 0.3) is 11.2 Å².